The van der Waals surface area contributed by atoms with Crippen LogP contribution in [0.5, 0.6) is 0 Å². The van der Waals surface area contributed by atoms with Crippen LogP contribution in [0.15, 0.2) is 78.9 Å². The van der Waals surface area contributed by atoms with Crippen molar-refractivity contribution in [1.82, 2.24) is 0 Å². The van der Waals surface area contributed by atoms with E-state index in [2.05, 4.69) is 78.9 Å². The normalized spacial score (nSPS) is 26.1. The number of benzene rings is 3. The second-order valence-corrected chi connectivity index (χ2v) is 14.3. The van der Waals surface area contributed by atoms with Crippen LogP contribution in [0.3, 0.4) is 0 Å². The highest BCUT2D eigenvalue weighted by Gasteiger charge is 2.43. The Kier molecular flexibility index (Phi) is 7.90. The lowest BCUT2D eigenvalue weighted by Gasteiger charge is -2.48. The Morgan fingerprint density at radius 3 is 1.31 bits per heavy atom. The van der Waals surface area contributed by atoms with Crippen molar-refractivity contribution in [3.63, 3.8) is 0 Å². The maximum Gasteiger partial charge on any atom is -0.00785 e. The molecule has 3 aliphatic rings. The lowest BCUT2D eigenvalue weighted by Crippen LogP contribution is -2.38. The van der Waals surface area contributed by atoms with Gasteiger partial charge in [0.2, 0.25) is 0 Å². The van der Waals surface area contributed by atoms with Gasteiger partial charge in [0.05, 0.1) is 0 Å². The topological polar surface area (TPSA) is 0 Å². The zero-order valence-electron chi connectivity index (χ0n) is 22.0. The fourth-order valence-corrected chi connectivity index (χ4v) is 12.4. The molecule has 0 nitrogen and oxygen atoms in total. The van der Waals surface area contributed by atoms with Crippen LogP contribution in [0.1, 0.15) is 83.5 Å². The van der Waals surface area contributed by atoms with Crippen molar-refractivity contribution in [2.24, 2.45) is 11.8 Å². The third-order valence-corrected chi connectivity index (χ3v) is 13.4. The Bertz CT molecular complexity index is 1010. The maximum atomic E-state index is 2.46. The maximum absolute atomic E-state index is 2.46. The van der Waals surface area contributed by atoms with Crippen LogP contribution < -0.4 is 5.30 Å². The predicted molar refractivity (Wildman–Crippen MR) is 158 cm³/mol. The number of rotatable bonds is 5. The van der Waals surface area contributed by atoms with Crippen molar-refractivity contribution in [2.45, 2.75) is 94.8 Å². The summed E-state index contributed by atoms with van der Waals surface area (Å²) in [7, 11) is -0.228. The molecule has 0 bridgehead atoms. The van der Waals surface area contributed by atoms with E-state index >= 15 is 0 Å². The molecular formula is C35H43P. The molecule has 2 atom stereocenters. The van der Waals surface area contributed by atoms with E-state index in [1.54, 1.807) is 5.30 Å². The zero-order valence-corrected chi connectivity index (χ0v) is 22.8. The van der Waals surface area contributed by atoms with Gasteiger partial charge in [-0.15, -0.1) is 0 Å². The van der Waals surface area contributed by atoms with Gasteiger partial charge in [0.15, 0.2) is 0 Å². The minimum atomic E-state index is -0.228. The minimum absolute atomic E-state index is 0.228. The van der Waals surface area contributed by atoms with Crippen molar-refractivity contribution >= 4 is 13.2 Å². The quantitative estimate of drug-likeness (QED) is 0.309. The van der Waals surface area contributed by atoms with Crippen molar-refractivity contribution in [1.29, 1.82) is 0 Å². The lowest BCUT2D eigenvalue weighted by atomic mass is 9.82. The lowest BCUT2D eigenvalue weighted by molar-refractivity contribution is 0.299. The van der Waals surface area contributed by atoms with Crippen LogP contribution in [0, 0.1) is 11.8 Å². The molecule has 1 saturated heterocycles. The van der Waals surface area contributed by atoms with Gasteiger partial charge < -0.3 is 0 Å². The van der Waals surface area contributed by atoms with Crippen molar-refractivity contribution < 1.29 is 0 Å². The van der Waals surface area contributed by atoms with Gasteiger partial charge in [-0.3, -0.25) is 0 Å². The van der Waals surface area contributed by atoms with E-state index in [4.69, 9.17) is 0 Å². The van der Waals surface area contributed by atoms with Crippen molar-refractivity contribution in [3.8, 4) is 22.3 Å². The predicted octanol–water partition coefficient (Wildman–Crippen LogP) is 10.2. The summed E-state index contributed by atoms with van der Waals surface area (Å²) in [5.74, 6) is 1.90. The first kappa shape index (κ1) is 24.4. The molecule has 0 N–H and O–H groups in total. The molecule has 2 saturated carbocycles. The van der Waals surface area contributed by atoms with Gasteiger partial charge in [-0.1, -0.05) is 132 Å². The Balaban J connectivity index is 1.54. The Morgan fingerprint density at radius 2 is 0.861 bits per heavy atom. The molecule has 1 aliphatic heterocycles. The van der Waals surface area contributed by atoms with Crippen LogP contribution >= 0.6 is 7.92 Å². The summed E-state index contributed by atoms with van der Waals surface area (Å²) in [6, 6.07) is 30.0. The van der Waals surface area contributed by atoms with Gasteiger partial charge in [-0.05, 0) is 89.2 Å². The molecule has 2 aliphatic carbocycles. The highest BCUT2D eigenvalue weighted by molar-refractivity contribution is 7.67. The number of hydrogen-bond donors (Lipinski definition) is 0. The summed E-state index contributed by atoms with van der Waals surface area (Å²) < 4.78 is 0. The first-order valence-electron chi connectivity index (χ1n) is 14.9. The van der Waals surface area contributed by atoms with Gasteiger partial charge >= 0.3 is 0 Å². The molecule has 0 amide bonds. The van der Waals surface area contributed by atoms with E-state index in [9.17, 15) is 0 Å². The first-order chi connectivity index (χ1) is 17.9. The smallest absolute Gasteiger partial charge is 0.00785 e. The van der Waals surface area contributed by atoms with Crippen LogP contribution in [0.25, 0.3) is 22.3 Å². The van der Waals surface area contributed by atoms with Crippen molar-refractivity contribution in [3.05, 3.63) is 78.9 Å². The third-order valence-electron chi connectivity index (χ3n) is 9.57. The monoisotopic (exact) mass is 494 g/mol. The van der Waals surface area contributed by atoms with Gasteiger partial charge in [-0.2, -0.15) is 0 Å². The fourth-order valence-electron chi connectivity index (χ4n) is 7.88. The average Bonchev–Trinajstić information content (AvgIpc) is 2.98. The molecular weight excluding hydrogens is 451 g/mol. The largest absolute Gasteiger partial charge is 0.0670 e. The summed E-state index contributed by atoms with van der Waals surface area (Å²) in [5, 5.41) is 1.76. The molecule has 1 heteroatoms. The molecule has 0 spiro atoms. The third kappa shape index (κ3) is 5.09. The molecule has 3 aromatic carbocycles. The van der Waals surface area contributed by atoms with Crippen LogP contribution in [0.4, 0.5) is 0 Å². The molecule has 3 fully saturated rings. The van der Waals surface area contributed by atoms with Crippen LogP contribution in [0.2, 0.25) is 0 Å². The van der Waals surface area contributed by atoms with E-state index in [-0.39, 0.29) is 7.92 Å². The Hall–Kier alpha value is -1.91. The van der Waals surface area contributed by atoms with Gasteiger partial charge in [-0.25, -0.2) is 0 Å². The summed E-state index contributed by atoms with van der Waals surface area (Å²) in [6.07, 6.45) is 19.1. The van der Waals surface area contributed by atoms with Crippen molar-refractivity contribution in [2.75, 3.05) is 0 Å². The van der Waals surface area contributed by atoms with Gasteiger partial charge in [0.1, 0.15) is 0 Å². The van der Waals surface area contributed by atoms with Crippen LogP contribution in [-0.4, -0.2) is 11.3 Å². The molecule has 1 heterocycles. The molecule has 0 aromatic heterocycles. The molecule has 6 rings (SSSR count). The SMILES string of the molecule is c1ccc(-c2cccc(-c3ccccc3)c2P2C(C3CCCCC3)CCCC2C2CCCCC2)cc1. The Labute approximate surface area is 220 Å². The summed E-state index contributed by atoms with van der Waals surface area (Å²) in [6.45, 7) is 0. The molecule has 0 radical (unpaired) electrons. The fraction of sp³-hybridized carbons (Fsp3) is 0.486. The van der Waals surface area contributed by atoms with E-state index in [1.807, 2.05) is 0 Å². The van der Waals surface area contributed by atoms with Crippen LogP contribution in [-0.2, 0) is 0 Å². The molecule has 36 heavy (non-hydrogen) atoms. The van der Waals surface area contributed by atoms with E-state index in [0.717, 1.165) is 23.2 Å². The van der Waals surface area contributed by atoms with E-state index in [1.165, 1.54) is 106 Å². The van der Waals surface area contributed by atoms with E-state index < -0.39 is 0 Å². The summed E-state index contributed by atoms with van der Waals surface area (Å²) >= 11 is 0. The highest BCUT2D eigenvalue weighted by Crippen LogP contribution is 2.62. The molecule has 3 aromatic rings. The minimum Gasteiger partial charge on any atom is -0.0670 e. The highest BCUT2D eigenvalue weighted by atomic mass is 31.1. The molecule has 2 unspecified atom stereocenters. The molecule has 188 valence electrons. The summed E-state index contributed by atoms with van der Waals surface area (Å²) in [5.41, 5.74) is 7.73. The van der Waals surface area contributed by atoms with Gasteiger partial charge in [0.25, 0.3) is 0 Å². The number of hydrogen-bond acceptors (Lipinski definition) is 0. The standard InChI is InChI=1S/C35H43P/c1-5-15-27(16-6-1)31-23-13-24-32(28-17-7-2-8-18-28)35(31)36-33(29-19-9-3-10-20-29)25-14-26-34(36)30-21-11-4-12-22-30/h1-2,5-8,13,15-18,23-24,29-30,33-34H,3-4,9-12,14,19-22,25-26H2. The average molecular weight is 495 g/mol. The first-order valence-corrected chi connectivity index (χ1v) is 16.4. The van der Waals surface area contributed by atoms with Gasteiger partial charge in [0, 0.05) is 0 Å². The van der Waals surface area contributed by atoms with E-state index in [0.29, 0.717) is 0 Å². The zero-order chi connectivity index (χ0) is 24.2. The second-order valence-electron chi connectivity index (χ2n) is 11.7. The summed E-state index contributed by atoms with van der Waals surface area (Å²) in [4.78, 5) is 0. The Morgan fingerprint density at radius 1 is 0.417 bits per heavy atom. The second kappa shape index (κ2) is 11.6.